The number of aryl methyl sites for hydroxylation is 1. The molecule has 1 aromatic rings. The van der Waals surface area contributed by atoms with E-state index in [2.05, 4.69) is 15.1 Å². The largest absolute Gasteiger partial charge is 0.465 e. The van der Waals surface area contributed by atoms with Gasteiger partial charge in [0.1, 0.15) is 4.88 Å². The van der Waals surface area contributed by atoms with Crippen LogP contribution in [-0.4, -0.2) is 18.1 Å². The van der Waals surface area contributed by atoms with Crippen LogP contribution >= 0.6 is 11.3 Å². The number of nitrogens with one attached hydrogen (secondary N) is 1. The molecule has 0 unspecified atom stereocenters. The van der Waals surface area contributed by atoms with Gasteiger partial charge in [0, 0.05) is 0 Å². The summed E-state index contributed by atoms with van der Waals surface area (Å²) in [7, 11) is 1.33. The maximum atomic E-state index is 11.0. The van der Waals surface area contributed by atoms with Crippen LogP contribution in [0.4, 0.5) is 5.13 Å². The van der Waals surface area contributed by atoms with Gasteiger partial charge in [-0.2, -0.15) is 0 Å². The van der Waals surface area contributed by atoms with Crippen LogP contribution < -0.4 is 11.3 Å². The summed E-state index contributed by atoms with van der Waals surface area (Å²) in [5, 5.41) is 0.507. The number of methoxy groups -OCH3 is 1. The van der Waals surface area contributed by atoms with Crippen LogP contribution in [0.2, 0.25) is 0 Å². The summed E-state index contributed by atoms with van der Waals surface area (Å²) in [6.07, 6.45) is 0. The molecule has 0 atom stereocenters. The Morgan fingerprint density at radius 2 is 2.42 bits per heavy atom. The summed E-state index contributed by atoms with van der Waals surface area (Å²) >= 11 is 1.17. The number of hydrogen-bond acceptors (Lipinski definition) is 6. The third-order valence-electron chi connectivity index (χ3n) is 1.29. The highest BCUT2D eigenvalue weighted by molar-refractivity contribution is 7.17. The number of aromatic nitrogens is 1. The summed E-state index contributed by atoms with van der Waals surface area (Å²) in [5.74, 6) is 4.74. The van der Waals surface area contributed by atoms with E-state index in [4.69, 9.17) is 5.84 Å². The van der Waals surface area contributed by atoms with E-state index in [1.54, 1.807) is 6.92 Å². The number of nitrogens with two attached hydrogens (primary N) is 1. The lowest BCUT2D eigenvalue weighted by Gasteiger charge is -1.93. The minimum absolute atomic E-state index is 0.383. The van der Waals surface area contributed by atoms with E-state index in [1.807, 2.05) is 0 Å². The van der Waals surface area contributed by atoms with Gasteiger partial charge in [-0.1, -0.05) is 11.3 Å². The quantitative estimate of drug-likeness (QED) is 0.401. The van der Waals surface area contributed by atoms with E-state index in [1.165, 1.54) is 18.4 Å². The second-order valence-electron chi connectivity index (χ2n) is 2.07. The van der Waals surface area contributed by atoms with Crippen molar-refractivity contribution < 1.29 is 9.53 Å². The molecule has 0 fully saturated rings. The molecule has 6 heteroatoms. The average Bonchev–Trinajstić information content (AvgIpc) is 2.45. The molecular formula is C6H9N3O2S. The number of hydrogen-bond donors (Lipinski definition) is 2. The molecule has 0 bridgehead atoms. The monoisotopic (exact) mass is 187 g/mol. The molecule has 0 radical (unpaired) electrons. The van der Waals surface area contributed by atoms with Crippen molar-refractivity contribution in [1.82, 2.24) is 4.98 Å². The minimum Gasteiger partial charge on any atom is -0.465 e. The minimum atomic E-state index is -0.383. The SMILES string of the molecule is COC(=O)c1sc(NN)nc1C. The molecule has 66 valence electrons. The predicted molar refractivity (Wildman–Crippen MR) is 46.0 cm³/mol. The highest BCUT2D eigenvalue weighted by Crippen LogP contribution is 2.21. The van der Waals surface area contributed by atoms with E-state index in [0.717, 1.165) is 0 Å². The van der Waals surface area contributed by atoms with Crippen molar-refractivity contribution in [3.05, 3.63) is 10.6 Å². The van der Waals surface area contributed by atoms with Crippen LogP contribution in [0.3, 0.4) is 0 Å². The average molecular weight is 187 g/mol. The maximum absolute atomic E-state index is 11.0. The lowest BCUT2D eigenvalue weighted by Crippen LogP contribution is -2.05. The Kier molecular flexibility index (Phi) is 2.61. The van der Waals surface area contributed by atoms with Gasteiger partial charge in [0.25, 0.3) is 0 Å². The molecule has 0 saturated carbocycles. The van der Waals surface area contributed by atoms with Crippen LogP contribution in [0, 0.1) is 6.92 Å². The molecule has 12 heavy (non-hydrogen) atoms. The summed E-state index contributed by atoms with van der Waals surface area (Å²) < 4.78 is 4.54. The van der Waals surface area contributed by atoms with Crippen LogP contribution in [0.5, 0.6) is 0 Å². The van der Waals surface area contributed by atoms with Crippen LogP contribution in [-0.2, 0) is 4.74 Å². The maximum Gasteiger partial charge on any atom is 0.350 e. The second-order valence-corrected chi connectivity index (χ2v) is 3.07. The number of esters is 1. The molecule has 1 heterocycles. The first kappa shape index (κ1) is 8.95. The third-order valence-corrected chi connectivity index (χ3v) is 2.36. The van der Waals surface area contributed by atoms with Gasteiger partial charge in [0.05, 0.1) is 12.8 Å². The zero-order chi connectivity index (χ0) is 9.14. The summed E-state index contributed by atoms with van der Waals surface area (Å²) in [6, 6.07) is 0. The van der Waals surface area contributed by atoms with Crippen molar-refractivity contribution in [2.45, 2.75) is 6.92 Å². The lowest BCUT2D eigenvalue weighted by atomic mass is 10.4. The number of ether oxygens (including phenoxy) is 1. The number of nitrogens with zero attached hydrogens (tertiary/aromatic N) is 1. The van der Waals surface area contributed by atoms with Gasteiger partial charge in [-0.05, 0) is 6.92 Å². The first-order valence-corrected chi connectivity index (χ1v) is 4.03. The van der Waals surface area contributed by atoms with E-state index in [-0.39, 0.29) is 5.97 Å². The Balaban J connectivity index is 2.99. The smallest absolute Gasteiger partial charge is 0.350 e. The molecule has 0 spiro atoms. The molecule has 0 aliphatic rings. The van der Waals surface area contributed by atoms with Gasteiger partial charge in [0.15, 0.2) is 5.13 Å². The van der Waals surface area contributed by atoms with Gasteiger partial charge in [-0.25, -0.2) is 15.6 Å². The fourth-order valence-electron chi connectivity index (χ4n) is 0.740. The van der Waals surface area contributed by atoms with Crippen molar-refractivity contribution in [2.75, 3.05) is 12.5 Å². The molecule has 0 aromatic carbocycles. The van der Waals surface area contributed by atoms with Crippen molar-refractivity contribution in [3.63, 3.8) is 0 Å². The molecule has 1 aromatic heterocycles. The molecule has 0 aliphatic heterocycles. The van der Waals surface area contributed by atoms with Gasteiger partial charge in [0.2, 0.25) is 0 Å². The zero-order valence-electron chi connectivity index (χ0n) is 6.75. The Hall–Kier alpha value is -1.14. The Morgan fingerprint density at radius 1 is 1.75 bits per heavy atom. The summed E-state index contributed by atoms with van der Waals surface area (Å²) in [4.78, 5) is 15.5. The van der Waals surface area contributed by atoms with Gasteiger partial charge >= 0.3 is 5.97 Å². The number of hydrazine groups is 1. The Morgan fingerprint density at radius 3 is 2.83 bits per heavy atom. The first-order valence-electron chi connectivity index (χ1n) is 3.21. The number of carbonyl (C=O) groups is 1. The number of rotatable bonds is 2. The Labute approximate surface area is 73.5 Å². The number of thiazole rings is 1. The summed E-state index contributed by atoms with van der Waals surface area (Å²) in [6.45, 7) is 1.73. The number of nitrogen functional groups attached to an aromatic ring is 1. The number of anilines is 1. The van der Waals surface area contributed by atoms with E-state index < -0.39 is 0 Å². The van der Waals surface area contributed by atoms with Crippen molar-refractivity contribution in [1.29, 1.82) is 0 Å². The predicted octanol–water partition coefficient (Wildman–Crippen LogP) is 0.524. The van der Waals surface area contributed by atoms with E-state index in [0.29, 0.717) is 15.7 Å². The van der Waals surface area contributed by atoms with Crippen molar-refractivity contribution >= 4 is 22.4 Å². The van der Waals surface area contributed by atoms with Crippen LogP contribution in [0.25, 0.3) is 0 Å². The molecular weight excluding hydrogens is 178 g/mol. The topological polar surface area (TPSA) is 77.2 Å². The van der Waals surface area contributed by atoms with Crippen LogP contribution in [0.15, 0.2) is 0 Å². The Bertz CT molecular complexity index is 297. The fourth-order valence-corrected chi connectivity index (χ4v) is 1.54. The standard InChI is InChI=1S/C6H9N3O2S/c1-3-4(5(10)11-2)12-6(8-3)9-7/h7H2,1-2H3,(H,8,9). The van der Waals surface area contributed by atoms with Crippen molar-refractivity contribution in [2.24, 2.45) is 5.84 Å². The van der Waals surface area contributed by atoms with Gasteiger partial charge < -0.3 is 4.74 Å². The van der Waals surface area contributed by atoms with Gasteiger partial charge in [-0.15, -0.1) is 0 Å². The molecule has 3 N–H and O–H groups in total. The van der Waals surface area contributed by atoms with Crippen LogP contribution in [0.1, 0.15) is 15.4 Å². The highest BCUT2D eigenvalue weighted by atomic mass is 32.1. The molecule has 0 amide bonds. The molecule has 0 saturated heterocycles. The van der Waals surface area contributed by atoms with Crippen molar-refractivity contribution in [3.8, 4) is 0 Å². The first-order chi connectivity index (χ1) is 5.69. The van der Waals surface area contributed by atoms with Gasteiger partial charge in [-0.3, -0.25) is 5.43 Å². The molecule has 5 nitrogen and oxygen atoms in total. The van der Waals surface area contributed by atoms with E-state index in [9.17, 15) is 4.79 Å². The number of carbonyl (C=O) groups excluding carboxylic acids is 1. The third kappa shape index (κ3) is 1.54. The summed E-state index contributed by atoms with van der Waals surface area (Å²) in [5.41, 5.74) is 2.99. The van der Waals surface area contributed by atoms with E-state index >= 15 is 0 Å². The normalized spacial score (nSPS) is 9.58. The molecule has 0 aliphatic carbocycles. The lowest BCUT2D eigenvalue weighted by molar-refractivity contribution is 0.0605. The highest BCUT2D eigenvalue weighted by Gasteiger charge is 2.14. The second kappa shape index (κ2) is 3.51. The fraction of sp³-hybridized carbons (Fsp3) is 0.333. The zero-order valence-corrected chi connectivity index (χ0v) is 7.57. The molecule has 1 rings (SSSR count).